The monoisotopic (exact) mass is 606 g/mol. The number of nitrogens with one attached hydrogen (secondary N) is 1. The number of nitrogens with zero attached hydrogens (tertiary/aromatic N) is 1. The van der Waals surface area contributed by atoms with Crippen LogP contribution in [-0.4, -0.2) is 12.5 Å². The minimum absolute atomic E-state index is 0.0695. The van der Waals surface area contributed by atoms with Crippen LogP contribution in [0.25, 0.3) is 6.08 Å². The van der Waals surface area contributed by atoms with Crippen molar-refractivity contribution < 1.29 is 19.0 Å². The lowest BCUT2D eigenvalue weighted by molar-refractivity contribution is -0.112. The van der Waals surface area contributed by atoms with Crippen LogP contribution in [0.1, 0.15) is 23.6 Å². The highest BCUT2D eigenvalue weighted by Gasteiger charge is 2.12. The number of anilines is 1. The zero-order valence-electron chi connectivity index (χ0n) is 22.0. The molecule has 0 bridgehead atoms. The Balaban J connectivity index is 1.39. The van der Waals surface area contributed by atoms with Crippen molar-refractivity contribution in [3.63, 3.8) is 0 Å². The predicted octanol–water partition coefficient (Wildman–Crippen LogP) is 8.75. The standard InChI is InChI=1S/C32H25Cl3N2O4/c1-2-39-31-16-22(5-14-30(31)41-19-21-3-7-25(33)8-4-21)15-24(18-36)32(38)37-27-10-12-28(13-11-27)40-20-23-6-9-26(34)17-29(23)35/h3-17H,2,19-20H2,1H3,(H,37,38)/b24-15+. The molecule has 0 aliphatic heterocycles. The number of halogens is 3. The maximum atomic E-state index is 12.8. The van der Waals surface area contributed by atoms with Crippen molar-refractivity contribution in [2.45, 2.75) is 20.1 Å². The predicted molar refractivity (Wildman–Crippen MR) is 163 cm³/mol. The molecule has 4 rings (SSSR count). The lowest BCUT2D eigenvalue weighted by atomic mass is 10.1. The van der Waals surface area contributed by atoms with E-state index in [1.807, 2.05) is 25.1 Å². The van der Waals surface area contributed by atoms with Gasteiger partial charge in [-0.05, 0) is 84.8 Å². The van der Waals surface area contributed by atoms with Gasteiger partial charge in [-0.2, -0.15) is 5.26 Å². The Morgan fingerprint density at radius 2 is 1.56 bits per heavy atom. The Kier molecular flexibility index (Phi) is 10.5. The maximum absolute atomic E-state index is 12.8. The summed E-state index contributed by atoms with van der Waals surface area (Å²) in [6, 6.07) is 26.6. The number of carbonyl (C=O) groups is 1. The van der Waals surface area contributed by atoms with Crippen LogP contribution in [0.15, 0.2) is 90.5 Å². The van der Waals surface area contributed by atoms with Gasteiger partial charge in [-0.15, -0.1) is 0 Å². The average Bonchev–Trinajstić information content (AvgIpc) is 2.96. The van der Waals surface area contributed by atoms with Gasteiger partial charge in [0.1, 0.15) is 30.6 Å². The summed E-state index contributed by atoms with van der Waals surface area (Å²) in [7, 11) is 0. The summed E-state index contributed by atoms with van der Waals surface area (Å²) in [4.78, 5) is 12.8. The first-order chi connectivity index (χ1) is 19.8. The summed E-state index contributed by atoms with van der Waals surface area (Å²) in [6.45, 7) is 2.87. The van der Waals surface area contributed by atoms with Crippen LogP contribution in [-0.2, 0) is 18.0 Å². The maximum Gasteiger partial charge on any atom is 0.266 e. The molecule has 1 amide bonds. The first-order valence-electron chi connectivity index (χ1n) is 12.6. The normalized spacial score (nSPS) is 11.0. The minimum Gasteiger partial charge on any atom is -0.490 e. The van der Waals surface area contributed by atoms with Crippen molar-refractivity contribution in [3.05, 3.63) is 122 Å². The molecule has 0 aromatic heterocycles. The highest BCUT2D eigenvalue weighted by atomic mass is 35.5. The molecule has 208 valence electrons. The zero-order chi connectivity index (χ0) is 29.2. The van der Waals surface area contributed by atoms with Gasteiger partial charge in [0.05, 0.1) is 6.61 Å². The fourth-order valence-electron chi connectivity index (χ4n) is 3.69. The number of amides is 1. The minimum atomic E-state index is -0.546. The molecule has 9 heteroatoms. The van der Waals surface area contributed by atoms with Crippen LogP contribution < -0.4 is 19.5 Å². The Hall–Kier alpha value is -4.15. The quantitative estimate of drug-likeness (QED) is 0.136. The summed E-state index contributed by atoms with van der Waals surface area (Å²) in [6.07, 6.45) is 1.49. The van der Waals surface area contributed by atoms with Gasteiger partial charge in [0.15, 0.2) is 11.5 Å². The Bertz CT molecular complexity index is 1580. The van der Waals surface area contributed by atoms with E-state index in [9.17, 15) is 10.1 Å². The molecule has 1 N–H and O–H groups in total. The summed E-state index contributed by atoms with van der Waals surface area (Å²) in [5, 5.41) is 14.1. The summed E-state index contributed by atoms with van der Waals surface area (Å²) >= 11 is 18.1. The van der Waals surface area contributed by atoms with E-state index in [1.54, 1.807) is 72.8 Å². The molecule has 0 heterocycles. The second-order valence-electron chi connectivity index (χ2n) is 8.73. The van der Waals surface area contributed by atoms with Crippen molar-refractivity contribution in [1.29, 1.82) is 5.26 Å². The van der Waals surface area contributed by atoms with Crippen LogP contribution in [0.4, 0.5) is 5.69 Å². The fourth-order valence-corrected chi connectivity index (χ4v) is 4.28. The third kappa shape index (κ3) is 8.67. The third-order valence-electron chi connectivity index (χ3n) is 5.77. The lowest BCUT2D eigenvalue weighted by Crippen LogP contribution is -2.13. The highest BCUT2D eigenvalue weighted by Crippen LogP contribution is 2.30. The Labute approximate surface area is 253 Å². The van der Waals surface area contributed by atoms with E-state index in [-0.39, 0.29) is 12.2 Å². The lowest BCUT2D eigenvalue weighted by Gasteiger charge is -2.13. The SMILES string of the molecule is CCOc1cc(/C=C(\C#N)C(=O)Nc2ccc(OCc3ccc(Cl)cc3Cl)cc2)ccc1OCc1ccc(Cl)cc1. The Morgan fingerprint density at radius 3 is 2.24 bits per heavy atom. The van der Waals surface area contributed by atoms with E-state index in [0.717, 1.165) is 11.1 Å². The zero-order valence-corrected chi connectivity index (χ0v) is 24.3. The molecule has 0 unspecified atom stereocenters. The molecule has 0 fully saturated rings. The molecule has 0 radical (unpaired) electrons. The second kappa shape index (κ2) is 14.5. The molecule has 0 spiro atoms. The van der Waals surface area contributed by atoms with Gasteiger partial charge in [-0.1, -0.05) is 59.1 Å². The molecular formula is C32H25Cl3N2O4. The van der Waals surface area contributed by atoms with Crippen molar-refractivity contribution >= 4 is 52.5 Å². The molecule has 0 aliphatic carbocycles. The molecule has 41 heavy (non-hydrogen) atoms. The van der Waals surface area contributed by atoms with Crippen LogP contribution in [0, 0.1) is 11.3 Å². The first kappa shape index (κ1) is 29.8. The van der Waals surface area contributed by atoms with Crippen molar-refractivity contribution in [2.24, 2.45) is 0 Å². The van der Waals surface area contributed by atoms with Crippen molar-refractivity contribution in [2.75, 3.05) is 11.9 Å². The van der Waals surface area contributed by atoms with Gasteiger partial charge in [-0.25, -0.2) is 0 Å². The van der Waals surface area contributed by atoms with Gasteiger partial charge in [0, 0.05) is 26.3 Å². The van der Waals surface area contributed by atoms with E-state index >= 15 is 0 Å². The number of rotatable bonds is 11. The summed E-state index contributed by atoms with van der Waals surface area (Å²) in [5.74, 6) is 1.09. The second-order valence-corrected chi connectivity index (χ2v) is 10.0. The van der Waals surface area contributed by atoms with Crippen molar-refractivity contribution in [3.8, 4) is 23.3 Å². The molecule has 0 aliphatic rings. The molecule has 0 saturated heterocycles. The number of hydrogen-bond acceptors (Lipinski definition) is 5. The fraction of sp³-hybridized carbons (Fsp3) is 0.125. The van der Waals surface area contributed by atoms with Crippen LogP contribution in [0.3, 0.4) is 0 Å². The smallest absolute Gasteiger partial charge is 0.266 e. The summed E-state index contributed by atoms with van der Waals surface area (Å²) in [5.41, 5.74) is 2.80. The van der Waals surface area contributed by atoms with Gasteiger partial charge in [0.25, 0.3) is 5.91 Å². The molecular weight excluding hydrogens is 583 g/mol. The summed E-state index contributed by atoms with van der Waals surface area (Å²) < 4.78 is 17.5. The molecule has 6 nitrogen and oxygen atoms in total. The molecule has 4 aromatic rings. The van der Waals surface area contributed by atoms with E-state index in [0.29, 0.717) is 56.8 Å². The number of carbonyl (C=O) groups excluding carboxylic acids is 1. The van der Waals surface area contributed by atoms with E-state index < -0.39 is 5.91 Å². The van der Waals surface area contributed by atoms with Gasteiger partial charge < -0.3 is 19.5 Å². The van der Waals surface area contributed by atoms with Crippen LogP contribution >= 0.6 is 34.8 Å². The van der Waals surface area contributed by atoms with Crippen LogP contribution in [0.5, 0.6) is 17.2 Å². The molecule has 0 atom stereocenters. The first-order valence-corrected chi connectivity index (χ1v) is 13.7. The largest absolute Gasteiger partial charge is 0.490 e. The van der Waals surface area contributed by atoms with E-state index in [1.165, 1.54) is 6.08 Å². The molecule has 0 saturated carbocycles. The number of nitriles is 1. The number of ether oxygens (including phenoxy) is 3. The highest BCUT2D eigenvalue weighted by molar-refractivity contribution is 6.35. The van der Waals surface area contributed by atoms with Gasteiger partial charge in [-0.3, -0.25) is 4.79 Å². The van der Waals surface area contributed by atoms with Gasteiger partial charge >= 0.3 is 0 Å². The average molecular weight is 608 g/mol. The van der Waals surface area contributed by atoms with E-state index in [2.05, 4.69) is 5.32 Å². The van der Waals surface area contributed by atoms with Crippen molar-refractivity contribution in [1.82, 2.24) is 0 Å². The van der Waals surface area contributed by atoms with Gasteiger partial charge in [0.2, 0.25) is 0 Å². The third-order valence-corrected chi connectivity index (χ3v) is 6.61. The topological polar surface area (TPSA) is 80.6 Å². The Morgan fingerprint density at radius 1 is 0.829 bits per heavy atom. The number of hydrogen-bond donors (Lipinski definition) is 1. The van der Waals surface area contributed by atoms with E-state index in [4.69, 9.17) is 49.0 Å². The number of benzene rings is 4. The molecule has 4 aromatic carbocycles. The van der Waals surface area contributed by atoms with Crippen LogP contribution in [0.2, 0.25) is 15.1 Å².